The fourth-order valence-corrected chi connectivity index (χ4v) is 1.49. The molecule has 0 aromatic carbocycles. The fraction of sp³-hybridized carbons (Fsp3) is 0. The summed E-state index contributed by atoms with van der Waals surface area (Å²) in [4.78, 5) is 21.6. The summed E-state index contributed by atoms with van der Waals surface area (Å²) in [6, 6.07) is 1.88. The van der Waals surface area contributed by atoms with E-state index in [1.54, 1.807) is 4.09 Å². The number of aromatic nitrogens is 2. The Labute approximate surface area is 98.5 Å². The summed E-state index contributed by atoms with van der Waals surface area (Å²) in [5.74, 6) is 0. The second kappa shape index (κ2) is 7.07. The number of hydrogen-bond donors (Lipinski definition) is 5. The molecule has 1 heterocycles. The average Bonchev–Trinajstić information content (AvgIpc) is 2.48. The van der Waals surface area contributed by atoms with Gasteiger partial charge in [0.15, 0.2) is 0 Å². The second-order valence-electron chi connectivity index (χ2n) is 1.74. The average molecular weight is 294 g/mol. The summed E-state index contributed by atoms with van der Waals surface area (Å²) < 4.78 is 10.5. The molecule has 0 saturated carbocycles. The summed E-state index contributed by atoms with van der Waals surface area (Å²) in [5.41, 5.74) is 0. The highest BCUT2D eigenvalue weighted by molar-refractivity contribution is 8.68. The Morgan fingerprint density at radius 2 is 1.93 bits per heavy atom. The van der Waals surface area contributed by atoms with Crippen molar-refractivity contribution in [1.29, 1.82) is 0 Å². The molecule has 0 atom stereocenters. The van der Waals surface area contributed by atoms with Crippen LogP contribution in [0.4, 0.5) is 0 Å². The van der Waals surface area contributed by atoms with Crippen LogP contribution in [0.1, 0.15) is 0 Å². The zero-order valence-electron chi connectivity index (χ0n) is 6.46. The molecule has 11 heteroatoms. The monoisotopic (exact) mass is 294 g/mol. The van der Waals surface area contributed by atoms with Crippen molar-refractivity contribution in [3.05, 3.63) is 12.3 Å². The van der Waals surface area contributed by atoms with Crippen LogP contribution >= 0.6 is 52.9 Å². The van der Waals surface area contributed by atoms with Crippen molar-refractivity contribution in [2.75, 3.05) is 0 Å². The van der Waals surface area contributed by atoms with E-state index >= 15 is 0 Å². The van der Waals surface area contributed by atoms with E-state index in [0.717, 1.165) is 5.03 Å². The SMILES string of the molecule is O=P(O)(O)O.SSc1ccn(SS)n1. The second-order valence-corrected chi connectivity index (χ2v) is 4.95. The van der Waals surface area contributed by atoms with Gasteiger partial charge in [-0.2, -0.15) is 5.10 Å². The zero-order chi connectivity index (χ0) is 11.2. The van der Waals surface area contributed by atoms with Crippen LogP contribution < -0.4 is 0 Å². The Hall–Kier alpha value is 0.720. The molecule has 0 spiro atoms. The maximum absolute atomic E-state index is 8.88. The minimum Gasteiger partial charge on any atom is -0.303 e. The number of phosphoric acid groups is 1. The molecule has 0 aliphatic heterocycles. The Balaban J connectivity index is 0.000000292. The largest absolute Gasteiger partial charge is 0.466 e. The van der Waals surface area contributed by atoms with Gasteiger partial charge in [-0.25, -0.2) is 8.65 Å². The minimum absolute atomic E-state index is 0.889. The lowest BCUT2D eigenvalue weighted by atomic mass is 10.8. The predicted molar refractivity (Wildman–Crippen MR) is 63.3 cm³/mol. The van der Waals surface area contributed by atoms with Crippen LogP contribution in [0, 0.1) is 0 Å². The molecule has 0 radical (unpaired) electrons. The van der Waals surface area contributed by atoms with Crippen molar-refractivity contribution in [2.45, 2.75) is 5.03 Å². The van der Waals surface area contributed by atoms with E-state index in [-0.39, 0.29) is 0 Å². The van der Waals surface area contributed by atoms with Gasteiger partial charge >= 0.3 is 7.82 Å². The standard InChI is InChI=1S/C3H4N2S4.H3O4P/c6-8-3-1-2-5(4-3)9-7;1-5(2,3)4/h1-2,6-7H;(H3,1,2,3,4). The molecule has 0 aliphatic carbocycles. The van der Waals surface area contributed by atoms with Crippen LogP contribution in [0.15, 0.2) is 17.3 Å². The third-order valence-electron chi connectivity index (χ3n) is 0.719. The highest BCUT2D eigenvalue weighted by Crippen LogP contribution is 2.25. The molecular weight excluding hydrogens is 287 g/mol. The molecule has 3 N–H and O–H groups in total. The van der Waals surface area contributed by atoms with Gasteiger partial charge in [-0.15, -0.1) is 11.7 Å². The maximum Gasteiger partial charge on any atom is 0.466 e. The van der Waals surface area contributed by atoms with Crippen LogP contribution in [0.5, 0.6) is 0 Å². The van der Waals surface area contributed by atoms with Gasteiger partial charge in [0, 0.05) is 17.2 Å². The maximum atomic E-state index is 8.88. The molecule has 0 aliphatic rings. The van der Waals surface area contributed by atoms with E-state index in [1.165, 1.54) is 21.8 Å². The van der Waals surface area contributed by atoms with Crippen molar-refractivity contribution in [1.82, 2.24) is 9.19 Å². The molecule has 1 rings (SSSR count). The highest BCUT2D eigenvalue weighted by Gasteiger charge is 2.00. The lowest BCUT2D eigenvalue weighted by molar-refractivity contribution is 0.275. The molecule has 14 heavy (non-hydrogen) atoms. The van der Waals surface area contributed by atoms with E-state index < -0.39 is 7.82 Å². The topological polar surface area (TPSA) is 95.6 Å². The Kier molecular flexibility index (Phi) is 7.43. The summed E-state index contributed by atoms with van der Waals surface area (Å²) in [6.07, 6.45) is 1.83. The molecule has 0 amide bonds. The van der Waals surface area contributed by atoms with Gasteiger partial charge in [0.1, 0.15) is 5.03 Å². The summed E-state index contributed by atoms with van der Waals surface area (Å²) in [5, 5.41) is 4.93. The first-order valence-electron chi connectivity index (χ1n) is 2.84. The smallest absolute Gasteiger partial charge is 0.303 e. The van der Waals surface area contributed by atoms with Gasteiger partial charge in [-0.1, -0.05) is 11.7 Å². The molecule has 1 aromatic heterocycles. The van der Waals surface area contributed by atoms with E-state index in [2.05, 4.69) is 28.4 Å². The van der Waals surface area contributed by atoms with Crippen molar-refractivity contribution < 1.29 is 19.2 Å². The third-order valence-corrected chi connectivity index (χ3v) is 2.56. The van der Waals surface area contributed by atoms with Gasteiger partial charge < -0.3 is 14.7 Å². The van der Waals surface area contributed by atoms with Crippen molar-refractivity contribution in [3.63, 3.8) is 0 Å². The van der Waals surface area contributed by atoms with Crippen LogP contribution in [0.3, 0.4) is 0 Å². The molecule has 0 bridgehead atoms. The molecule has 0 fully saturated rings. The van der Waals surface area contributed by atoms with Crippen molar-refractivity contribution >= 4 is 52.9 Å². The lowest BCUT2D eigenvalue weighted by Crippen LogP contribution is -1.80. The van der Waals surface area contributed by atoms with E-state index in [0.29, 0.717) is 0 Å². The Bertz CT molecular complexity index is 287. The van der Waals surface area contributed by atoms with Gasteiger partial charge in [0.25, 0.3) is 0 Å². The molecule has 6 nitrogen and oxygen atoms in total. The predicted octanol–water partition coefficient (Wildman–Crippen LogP) is 1.23. The van der Waals surface area contributed by atoms with Gasteiger partial charge in [-0.05, 0) is 16.9 Å². The normalized spacial score (nSPS) is 10.6. The van der Waals surface area contributed by atoms with Crippen molar-refractivity contribution in [2.24, 2.45) is 0 Å². The fourth-order valence-electron chi connectivity index (χ4n) is 0.385. The van der Waals surface area contributed by atoms with Crippen LogP contribution in [0.2, 0.25) is 0 Å². The number of hydrogen-bond acceptors (Lipinski definition) is 6. The van der Waals surface area contributed by atoms with E-state index in [1.807, 2.05) is 12.3 Å². The lowest BCUT2D eigenvalue weighted by Gasteiger charge is -1.87. The summed E-state index contributed by atoms with van der Waals surface area (Å²) in [7, 11) is -2.06. The van der Waals surface area contributed by atoms with E-state index in [9.17, 15) is 0 Å². The Morgan fingerprint density at radius 3 is 2.14 bits per heavy atom. The molecule has 0 saturated heterocycles. The first-order chi connectivity index (χ1) is 6.36. The van der Waals surface area contributed by atoms with Gasteiger partial charge in [-0.3, -0.25) is 0 Å². The summed E-state index contributed by atoms with van der Waals surface area (Å²) in [6.45, 7) is 0. The van der Waals surface area contributed by atoms with Crippen LogP contribution in [-0.2, 0) is 4.57 Å². The number of rotatable bonds is 2. The Morgan fingerprint density at radius 1 is 1.43 bits per heavy atom. The molecule has 0 unspecified atom stereocenters. The first-order valence-corrected chi connectivity index (χ1v) is 8.10. The zero-order valence-corrected chi connectivity index (χ0v) is 10.8. The summed E-state index contributed by atoms with van der Waals surface area (Å²) >= 11 is 7.91. The van der Waals surface area contributed by atoms with Gasteiger partial charge in [0.2, 0.25) is 0 Å². The van der Waals surface area contributed by atoms with Crippen molar-refractivity contribution in [3.8, 4) is 0 Å². The van der Waals surface area contributed by atoms with Gasteiger partial charge in [0.05, 0.1) is 0 Å². The molecular formula is C3H7N2O4PS4. The van der Waals surface area contributed by atoms with Crippen LogP contribution in [-0.4, -0.2) is 23.9 Å². The minimum atomic E-state index is -4.64. The molecule has 82 valence electrons. The third kappa shape index (κ3) is 9.28. The quantitative estimate of drug-likeness (QED) is 0.318. The van der Waals surface area contributed by atoms with E-state index in [4.69, 9.17) is 19.2 Å². The number of thiol groups is 2. The highest BCUT2D eigenvalue weighted by atomic mass is 33.1. The first kappa shape index (κ1) is 14.7. The van der Waals surface area contributed by atoms with Crippen LogP contribution in [0.25, 0.3) is 0 Å². The number of nitrogens with zero attached hydrogens (tertiary/aromatic N) is 2. The molecule has 1 aromatic rings.